The van der Waals surface area contributed by atoms with Crippen molar-refractivity contribution < 1.29 is 28.7 Å². The molecule has 0 aliphatic carbocycles. The predicted octanol–water partition coefficient (Wildman–Crippen LogP) is -0.570. The molecule has 0 unspecified atom stereocenters. The van der Waals surface area contributed by atoms with Crippen LogP contribution in [0, 0.1) is 0 Å². The van der Waals surface area contributed by atoms with E-state index in [1.807, 2.05) is 0 Å². The summed E-state index contributed by atoms with van der Waals surface area (Å²) in [6, 6.07) is 0. The molecule has 19 heavy (non-hydrogen) atoms. The maximum Gasteiger partial charge on any atom is 0.315 e. The predicted molar refractivity (Wildman–Crippen MR) is 63.4 cm³/mol. The Morgan fingerprint density at radius 3 is 2.16 bits per heavy atom. The van der Waals surface area contributed by atoms with Crippen molar-refractivity contribution in [3.05, 3.63) is 0 Å². The third kappa shape index (κ3) is 9.57. The van der Waals surface area contributed by atoms with Crippen LogP contribution in [0.5, 0.6) is 0 Å². The summed E-state index contributed by atoms with van der Waals surface area (Å²) in [4.78, 5) is 44.1. The van der Waals surface area contributed by atoms with Crippen LogP contribution in [0.15, 0.2) is 0 Å². The molecule has 108 valence electrons. The highest BCUT2D eigenvalue weighted by Gasteiger charge is 2.11. The fourth-order valence-corrected chi connectivity index (χ4v) is 1.08. The first kappa shape index (κ1) is 16.9. The smallest absolute Gasteiger partial charge is 0.315 e. The molecule has 0 aliphatic heterocycles. The van der Waals surface area contributed by atoms with E-state index >= 15 is 0 Å². The van der Waals surface area contributed by atoms with E-state index in [2.05, 4.69) is 20.3 Å². The van der Waals surface area contributed by atoms with Gasteiger partial charge < -0.3 is 9.47 Å². The van der Waals surface area contributed by atoms with Crippen molar-refractivity contribution in [3.63, 3.8) is 0 Å². The fraction of sp³-hybridized carbons (Fsp3) is 0.636. The van der Waals surface area contributed by atoms with Crippen molar-refractivity contribution in [2.75, 3.05) is 13.7 Å². The van der Waals surface area contributed by atoms with E-state index in [4.69, 9.17) is 0 Å². The molecule has 8 heteroatoms. The van der Waals surface area contributed by atoms with Gasteiger partial charge in [-0.25, -0.2) is 0 Å². The monoisotopic (exact) mass is 274 g/mol. The van der Waals surface area contributed by atoms with Gasteiger partial charge in [0.15, 0.2) is 0 Å². The van der Waals surface area contributed by atoms with Crippen molar-refractivity contribution in [1.29, 1.82) is 0 Å². The Balaban J connectivity index is 3.69. The zero-order valence-corrected chi connectivity index (χ0v) is 11.0. The van der Waals surface area contributed by atoms with Crippen LogP contribution < -0.4 is 10.9 Å². The first-order chi connectivity index (χ1) is 8.99. The Morgan fingerprint density at radius 1 is 0.947 bits per heavy atom. The van der Waals surface area contributed by atoms with E-state index in [9.17, 15) is 19.2 Å². The molecule has 0 rings (SSSR count). The zero-order chi connectivity index (χ0) is 14.7. The van der Waals surface area contributed by atoms with Crippen LogP contribution in [-0.4, -0.2) is 37.5 Å². The van der Waals surface area contributed by atoms with E-state index in [1.54, 1.807) is 6.92 Å². The highest BCUT2D eigenvalue weighted by Crippen LogP contribution is 1.96. The quantitative estimate of drug-likeness (QED) is 0.365. The van der Waals surface area contributed by atoms with Gasteiger partial charge in [-0.05, 0) is 13.3 Å². The van der Waals surface area contributed by atoms with Gasteiger partial charge in [-0.2, -0.15) is 0 Å². The lowest BCUT2D eigenvalue weighted by Gasteiger charge is -2.06. The summed E-state index contributed by atoms with van der Waals surface area (Å²) in [5.74, 6) is -2.19. The molecule has 0 radical (unpaired) electrons. The number of carbonyl (C=O) groups is 4. The molecule has 0 aromatic carbocycles. The summed E-state index contributed by atoms with van der Waals surface area (Å²) in [7, 11) is 1.26. The molecule has 2 N–H and O–H groups in total. The molecule has 0 atom stereocenters. The van der Waals surface area contributed by atoms with Gasteiger partial charge in [0, 0.05) is 12.8 Å². The van der Waals surface area contributed by atoms with Crippen molar-refractivity contribution >= 4 is 23.8 Å². The van der Waals surface area contributed by atoms with Crippen molar-refractivity contribution in [2.45, 2.75) is 32.6 Å². The van der Waals surface area contributed by atoms with Crippen LogP contribution in [-0.2, 0) is 28.7 Å². The SMILES string of the molecule is CCOC(=O)CC(=O)NNC(=O)CCCC(=O)OC. The minimum atomic E-state index is -0.667. The molecule has 0 heterocycles. The number of hydrogen-bond donors (Lipinski definition) is 2. The maximum absolute atomic E-state index is 11.2. The van der Waals surface area contributed by atoms with Crippen LogP contribution in [0.3, 0.4) is 0 Å². The standard InChI is InChI=1S/C11H18N2O6/c1-3-19-11(17)7-9(15)13-12-8(14)5-4-6-10(16)18-2/h3-7H2,1-2H3,(H,12,14)(H,13,15). The first-order valence-corrected chi connectivity index (χ1v) is 5.79. The molecule has 2 amide bonds. The van der Waals surface area contributed by atoms with Crippen LogP contribution in [0.2, 0.25) is 0 Å². The third-order valence-electron chi connectivity index (χ3n) is 1.96. The fourth-order valence-electron chi connectivity index (χ4n) is 1.08. The van der Waals surface area contributed by atoms with Crippen LogP contribution in [0.1, 0.15) is 32.6 Å². The molecular formula is C11H18N2O6. The van der Waals surface area contributed by atoms with Gasteiger partial charge >= 0.3 is 11.9 Å². The van der Waals surface area contributed by atoms with E-state index in [-0.39, 0.29) is 19.4 Å². The normalized spacial score (nSPS) is 9.37. The number of rotatable bonds is 7. The number of amides is 2. The lowest BCUT2D eigenvalue weighted by Crippen LogP contribution is -2.42. The Kier molecular flexibility index (Phi) is 8.76. The summed E-state index contributed by atoms with van der Waals surface area (Å²) >= 11 is 0. The number of hydrogen-bond acceptors (Lipinski definition) is 6. The summed E-state index contributed by atoms with van der Waals surface area (Å²) in [5, 5.41) is 0. The molecular weight excluding hydrogens is 256 g/mol. The lowest BCUT2D eigenvalue weighted by atomic mass is 10.2. The van der Waals surface area contributed by atoms with Crippen molar-refractivity contribution in [2.24, 2.45) is 0 Å². The lowest BCUT2D eigenvalue weighted by molar-refractivity contribution is -0.147. The molecule has 0 spiro atoms. The molecule has 0 saturated carbocycles. The van der Waals surface area contributed by atoms with Gasteiger partial charge in [-0.1, -0.05) is 0 Å². The van der Waals surface area contributed by atoms with Crippen LogP contribution >= 0.6 is 0 Å². The molecule has 0 bridgehead atoms. The van der Waals surface area contributed by atoms with Crippen molar-refractivity contribution in [3.8, 4) is 0 Å². The number of hydrazine groups is 1. The average Bonchev–Trinajstić information content (AvgIpc) is 2.36. The van der Waals surface area contributed by atoms with Gasteiger partial charge in [-0.15, -0.1) is 0 Å². The number of carbonyl (C=O) groups excluding carboxylic acids is 4. The van der Waals surface area contributed by atoms with Gasteiger partial charge in [0.05, 0.1) is 13.7 Å². The van der Waals surface area contributed by atoms with Gasteiger partial charge in [-0.3, -0.25) is 30.0 Å². The van der Waals surface area contributed by atoms with Crippen LogP contribution in [0.25, 0.3) is 0 Å². The second kappa shape index (κ2) is 9.86. The van der Waals surface area contributed by atoms with Gasteiger partial charge in [0.1, 0.15) is 6.42 Å². The maximum atomic E-state index is 11.2. The highest BCUT2D eigenvalue weighted by atomic mass is 16.5. The van der Waals surface area contributed by atoms with Crippen molar-refractivity contribution in [1.82, 2.24) is 10.9 Å². The van der Waals surface area contributed by atoms with Gasteiger partial charge in [0.25, 0.3) is 0 Å². The van der Waals surface area contributed by atoms with E-state index < -0.39 is 30.2 Å². The third-order valence-corrected chi connectivity index (χ3v) is 1.96. The Hall–Kier alpha value is -2.12. The van der Waals surface area contributed by atoms with E-state index in [0.29, 0.717) is 6.42 Å². The highest BCUT2D eigenvalue weighted by molar-refractivity contribution is 5.95. The van der Waals surface area contributed by atoms with E-state index in [0.717, 1.165) is 0 Å². The molecule has 0 aliphatic rings. The molecule has 0 aromatic heterocycles. The minimum absolute atomic E-state index is 0.0643. The number of ether oxygens (including phenoxy) is 2. The first-order valence-electron chi connectivity index (χ1n) is 5.79. The summed E-state index contributed by atoms with van der Waals surface area (Å²) in [5.41, 5.74) is 4.19. The Morgan fingerprint density at radius 2 is 1.58 bits per heavy atom. The van der Waals surface area contributed by atoms with Gasteiger partial charge in [0.2, 0.25) is 11.8 Å². The largest absolute Gasteiger partial charge is 0.469 e. The molecule has 0 aromatic rings. The second-order valence-corrected chi connectivity index (χ2v) is 3.51. The zero-order valence-electron chi connectivity index (χ0n) is 11.0. The number of methoxy groups -OCH3 is 1. The Labute approximate surface area is 110 Å². The Bertz CT molecular complexity index is 342. The summed E-state index contributed by atoms with van der Waals surface area (Å²) < 4.78 is 8.96. The minimum Gasteiger partial charge on any atom is -0.469 e. The average molecular weight is 274 g/mol. The van der Waals surface area contributed by atoms with E-state index in [1.165, 1.54) is 7.11 Å². The summed E-state index contributed by atoms with van der Waals surface area (Å²) in [6.45, 7) is 1.81. The number of esters is 2. The second-order valence-electron chi connectivity index (χ2n) is 3.51. The number of nitrogens with one attached hydrogen (secondary N) is 2. The summed E-state index contributed by atoms with van der Waals surface area (Å²) in [6.07, 6.45) is 0.0397. The molecule has 8 nitrogen and oxygen atoms in total. The molecule has 0 saturated heterocycles. The van der Waals surface area contributed by atoms with Crippen LogP contribution in [0.4, 0.5) is 0 Å². The molecule has 0 fully saturated rings. The topological polar surface area (TPSA) is 111 Å².